The lowest BCUT2D eigenvalue weighted by Crippen LogP contribution is -2.28. The van der Waals surface area contributed by atoms with E-state index < -0.39 is 6.10 Å². The smallest absolute Gasteiger partial charge is 0.335 e. The maximum Gasteiger partial charge on any atom is 0.335 e. The molecule has 3 aromatic rings. The third-order valence-corrected chi connectivity index (χ3v) is 6.44. The molecule has 0 spiro atoms. The molecule has 3 aromatic carbocycles. The Morgan fingerprint density at radius 3 is 2.24 bits per heavy atom. The minimum Gasteiger partial charge on any atom is -0.496 e. The van der Waals surface area contributed by atoms with Gasteiger partial charge in [0.15, 0.2) is 6.10 Å². The zero-order chi connectivity index (χ0) is 27.5. The van der Waals surface area contributed by atoms with E-state index in [1.807, 2.05) is 37.3 Å². The molecule has 1 atom stereocenters. The number of hydrogen-bond donors (Lipinski definition) is 0. The molecular weight excluding hydrogens is 476 g/mol. The summed E-state index contributed by atoms with van der Waals surface area (Å²) in [6, 6.07) is 22.7. The summed E-state index contributed by atoms with van der Waals surface area (Å²) >= 11 is 0. The third kappa shape index (κ3) is 7.96. The van der Waals surface area contributed by atoms with Crippen LogP contribution in [0.2, 0.25) is 0 Å². The Bertz CT molecular complexity index is 1190. The number of rotatable bonds is 13. The van der Waals surface area contributed by atoms with Gasteiger partial charge in [0.25, 0.3) is 0 Å². The highest BCUT2D eigenvalue weighted by Crippen LogP contribution is 2.33. The molecule has 3 rings (SSSR count). The number of carbonyl (C=O) groups excluding carboxylic acids is 1. The van der Waals surface area contributed by atoms with Gasteiger partial charge in [0.2, 0.25) is 0 Å². The van der Waals surface area contributed by atoms with Crippen molar-refractivity contribution in [2.45, 2.75) is 53.1 Å². The zero-order valence-corrected chi connectivity index (χ0v) is 23.5. The predicted octanol–water partition coefficient (Wildman–Crippen LogP) is 7.48. The van der Waals surface area contributed by atoms with Gasteiger partial charge >= 0.3 is 5.97 Å². The minimum absolute atomic E-state index is 0.327. The predicted molar refractivity (Wildman–Crippen MR) is 154 cm³/mol. The van der Waals surface area contributed by atoms with Crippen LogP contribution in [-0.4, -0.2) is 39.0 Å². The van der Waals surface area contributed by atoms with Crippen LogP contribution in [0.5, 0.6) is 11.5 Å². The standard InChI is InChI=1S/C33H40O5/c1-7-36-32(33(34)37-8-2)21-25-9-16-29(17-10-25)38-20-19-24(5)26-11-13-27(14-12-26)30-22-28(23(3)4)15-18-31(30)35-6/h9-19,22-23,32H,7-8,20-21H2,1-6H3/t32-/m0/s1. The second-order valence-corrected chi connectivity index (χ2v) is 9.43. The fraction of sp³-hybridized carbons (Fsp3) is 0.364. The van der Waals surface area contributed by atoms with Crippen molar-refractivity contribution in [3.63, 3.8) is 0 Å². The van der Waals surface area contributed by atoms with E-state index >= 15 is 0 Å². The van der Waals surface area contributed by atoms with Gasteiger partial charge in [-0.05, 0) is 84.9 Å². The van der Waals surface area contributed by atoms with E-state index in [4.69, 9.17) is 18.9 Å². The van der Waals surface area contributed by atoms with Crippen LogP contribution in [-0.2, 0) is 20.7 Å². The lowest BCUT2D eigenvalue weighted by molar-refractivity contribution is -0.156. The van der Waals surface area contributed by atoms with Gasteiger partial charge < -0.3 is 18.9 Å². The average molecular weight is 517 g/mol. The molecule has 0 heterocycles. The van der Waals surface area contributed by atoms with Crippen LogP contribution in [0.1, 0.15) is 57.2 Å². The number of allylic oxidation sites excluding steroid dienone is 1. The number of methoxy groups -OCH3 is 1. The molecule has 0 fully saturated rings. The highest BCUT2D eigenvalue weighted by Gasteiger charge is 2.20. The Balaban J connectivity index is 1.60. The van der Waals surface area contributed by atoms with Crippen LogP contribution in [0.25, 0.3) is 16.7 Å². The fourth-order valence-electron chi connectivity index (χ4n) is 4.19. The molecule has 38 heavy (non-hydrogen) atoms. The monoisotopic (exact) mass is 516 g/mol. The largest absolute Gasteiger partial charge is 0.496 e. The highest BCUT2D eigenvalue weighted by molar-refractivity contribution is 5.75. The second-order valence-electron chi connectivity index (χ2n) is 9.43. The molecule has 0 amide bonds. The van der Waals surface area contributed by atoms with Gasteiger partial charge in [-0.15, -0.1) is 0 Å². The summed E-state index contributed by atoms with van der Waals surface area (Å²) in [5.74, 6) is 1.78. The van der Waals surface area contributed by atoms with Crippen LogP contribution >= 0.6 is 0 Å². The van der Waals surface area contributed by atoms with Crippen LogP contribution in [0.15, 0.2) is 72.8 Å². The van der Waals surface area contributed by atoms with Crippen molar-refractivity contribution in [2.75, 3.05) is 26.9 Å². The van der Waals surface area contributed by atoms with Gasteiger partial charge in [-0.1, -0.05) is 56.3 Å². The molecule has 5 heteroatoms. The topological polar surface area (TPSA) is 54.0 Å². The third-order valence-electron chi connectivity index (χ3n) is 6.44. The van der Waals surface area contributed by atoms with Crippen molar-refractivity contribution >= 4 is 11.5 Å². The molecule has 0 saturated carbocycles. The van der Waals surface area contributed by atoms with Gasteiger partial charge in [-0.3, -0.25) is 0 Å². The van der Waals surface area contributed by atoms with Crippen molar-refractivity contribution in [3.8, 4) is 22.6 Å². The molecule has 5 nitrogen and oxygen atoms in total. The van der Waals surface area contributed by atoms with Crippen molar-refractivity contribution < 1.29 is 23.7 Å². The van der Waals surface area contributed by atoms with Gasteiger partial charge in [-0.25, -0.2) is 4.79 Å². The Morgan fingerprint density at radius 2 is 1.63 bits per heavy atom. The fourth-order valence-corrected chi connectivity index (χ4v) is 4.19. The maximum atomic E-state index is 12.1. The normalized spacial score (nSPS) is 12.3. The maximum absolute atomic E-state index is 12.1. The summed E-state index contributed by atoms with van der Waals surface area (Å²) in [7, 11) is 1.71. The van der Waals surface area contributed by atoms with Crippen LogP contribution < -0.4 is 9.47 Å². The molecular formula is C33H40O5. The Labute approximate surface area is 227 Å². The molecule has 0 aliphatic carbocycles. The molecule has 0 unspecified atom stereocenters. The Morgan fingerprint density at radius 1 is 0.921 bits per heavy atom. The van der Waals surface area contributed by atoms with Crippen molar-refractivity contribution in [3.05, 3.63) is 89.5 Å². The number of ether oxygens (including phenoxy) is 4. The van der Waals surface area contributed by atoms with Gasteiger partial charge in [0.1, 0.15) is 18.1 Å². The van der Waals surface area contributed by atoms with E-state index in [1.54, 1.807) is 14.0 Å². The summed E-state index contributed by atoms with van der Waals surface area (Å²) in [6.07, 6.45) is 1.95. The first-order chi connectivity index (χ1) is 18.4. The van der Waals surface area contributed by atoms with Gasteiger partial charge in [0, 0.05) is 18.6 Å². The summed E-state index contributed by atoms with van der Waals surface area (Å²) in [4.78, 5) is 12.1. The minimum atomic E-state index is -0.594. The molecule has 0 saturated heterocycles. The first kappa shape index (κ1) is 29.0. The van der Waals surface area contributed by atoms with Crippen molar-refractivity contribution in [2.24, 2.45) is 0 Å². The van der Waals surface area contributed by atoms with Crippen molar-refractivity contribution in [1.29, 1.82) is 0 Å². The lowest BCUT2D eigenvalue weighted by atomic mass is 9.95. The van der Waals surface area contributed by atoms with Crippen LogP contribution in [0.3, 0.4) is 0 Å². The molecule has 0 N–H and O–H groups in total. The number of esters is 1. The van der Waals surface area contributed by atoms with E-state index in [1.165, 1.54) is 5.56 Å². The summed E-state index contributed by atoms with van der Waals surface area (Å²) in [6.45, 7) is 11.4. The van der Waals surface area contributed by atoms with Crippen molar-refractivity contribution in [1.82, 2.24) is 0 Å². The molecule has 0 aliphatic rings. The summed E-state index contributed by atoms with van der Waals surface area (Å²) in [5.41, 5.74) is 6.81. The highest BCUT2D eigenvalue weighted by atomic mass is 16.6. The lowest BCUT2D eigenvalue weighted by Gasteiger charge is -2.15. The number of carbonyl (C=O) groups is 1. The molecule has 0 aliphatic heterocycles. The van der Waals surface area contributed by atoms with E-state index in [0.29, 0.717) is 32.2 Å². The zero-order valence-electron chi connectivity index (χ0n) is 23.5. The SMILES string of the molecule is CCOC(=O)[C@H](Cc1ccc(OCC=C(C)c2ccc(-c3cc(C(C)C)ccc3OC)cc2)cc1)OCC. The molecule has 0 radical (unpaired) electrons. The van der Waals surface area contributed by atoms with E-state index in [2.05, 4.69) is 63.2 Å². The van der Waals surface area contributed by atoms with Crippen LogP contribution in [0, 0.1) is 0 Å². The van der Waals surface area contributed by atoms with E-state index in [-0.39, 0.29) is 5.97 Å². The van der Waals surface area contributed by atoms with Gasteiger partial charge in [0.05, 0.1) is 13.7 Å². The number of hydrogen-bond acceptors (Lipinski definition) is 5. The van der Waals surface area contributed by atoms with E-state index in [0.717, 1.165) is 39.3 Å². The quantitative estimate of drug-likeness (QED) is 0.221. The molecule has 0 aromatic heterocycles. The first-order valence-corrected chi connectivity index (χ1v) is 13.3. The second kappa shape index (κ2) is 14.4. The molecule has 0 bridgehead atoms. The summed E-state index contributed by atoms with van der Waals surface area (Å²) < 4.78 is 22.2. The summed E-state index contributed by atoms with van der Waals surface area (Å²) in [5, 5.41) is 0. The Hall–Kier alpha value is -3.57. The Kier molecular flexibility index (Phi) is 11.0. The van der Waals surface area contributed by atoms with Gasteiger partial charge in [-0.2, -0.15) is 0 Å². The van der Waals surface area contributed by atoms with Crippen LogP contribution in [0.4, 0.5) is 0 Å². The average Bonchev–Trinajstić information content (AvgIpc) is 2.93. The van der Waals surface area contributed by atoms with E-state index in [9.17, 15) is 4.79 Å². The first-order valence-electron chi connectivity index (χ1n) is 13.3. The number of benzene rings is 3. The molecule has 202 valence electrons.